The Morgan fingerprint density at radius 1 is 1.11 bits per heavy atom. The zero-order valence-corrected chi connectivity index (χ0v) is 11.0. The number of piperazine rings is 1. The minimum atomic E-state index is 0.188. The van der Waals surface area contributed by atoms with Crippen LogP contribution in [0.2, 0.25) is 0 Å². The lowest BCUT2D eigenvalue weighted by Crippen LogP contribution is -2.47. The van der Waals surface area contributed by atoms with E-state index in [9.17, 15) is 9.59 Å². The molecular formula is C13H23N3O2. The van der Waals surface area contributed by atoms with Crippen molar-refractivity contribution in [3.8, 4) is 0 Å². The molecule has 0 saturated carbocycles. The number of hydrogen-bond acceptors (Lipinski definition) is 3. The molecule has 5 nitrogen and oxygen atoms in total. The topological polar surface area (TPSA) is 52.7 Å². The third-order valence-corrected chi connectivity index (χ3v) is 3.74. The van der Waals surface area contributed by atoms with Crippen LogP contribution in [0.5, 0.6) is 0 Å². The Morgan fingerprint density at radius 2 is 1.89 bits per heavy atom. The minimum absolute atomic E-state index is 0.188. The van der Waals surface area contributed by atoms with Gasteiger partial charge in [0, 0.05) is 52.1 Å². The van der Waals surface area contributed by atoms with E-state index in [4.69, 9.17) is 0 Å². The number of carbonyl (C=O) groups is 2. The van der Waals surface area contributed by atoms with Crippen LogP contribution in [0.3, 0.4) is 0 Å². The number of hydrogen-bond donors (Lipinski definition) is 1. The van der Waals surface area contributed by atoms with Crippen LogP contribution in [0, 0.1) is 0 Å². The van der Waals surface area contributed by atoms with Gasteiger partial charge in [-0.2, -0.15) is 0 Å². The molecule has 0 aromatic rings. The van der Waals surface area contributed by atoms with E-state index in [1.165, 1.54) is 0 Å². The van der Waals surface area contributed by atoms with E-state index in [1.807, 2.05) is 9.80 Å². The molecular weight excluding hydrogens is 230 g/mol. The maximum Gasteiger partial charge on any atom is 0.224 e. The third-order valence-electron chi connectivity index (χ3n) is 3.74. The van der Waals surface area contributed by atoms with E-state index in [1.54, 1.807) is 0 Å². The summed E-state index contributed by atoms with van der Waals surface area (Å²) in [6.07, 6.45) is 4.34. The van der Waals surface area contributed by atoms with Crippen molar-refractivity contribution in [3.05, 3.63) is 0 Å². The van der Waals surface area contributed by atoms with Crippen molar-refractivity contribution in [2.45, 2.75) is 32.1 Å². The first-order valence-electron chi connectivity index (χ1n) is 7.03. The summed E-state index contributed by atoms with van der Waals surface area (Å²) in [6.45, 7) is 4.79. The predicted octanol–water partition coefficient (Wildman–Crippen LogP) is 0.211. The fourth-order valence-electron chi connectivity index (χ4n) is 2.58. The molecule has 0 atom stereocenters. The minimum Gasteiger partial charge on any atom is -0.342 e. The molecule has 2 fully saturated rings. The summed E-state index contributed by atoms with van der Waals surface area (Å²) in [7, 11) is 0. The summed E-state index contributed by atoms with van der Waals surface area (Å²) >= 11 is 0. The highest BCUT2D eigenvalue weighted by molar-refractivity contribution is 5.79. The maximum absolute atomic E-state index is 12.0. The van der Waals surface area contributed by atoms with E-state index in [2.05, 4.69) is 5.32 Å². The van der Waals surface area contributed by atoms with Crippen LogP contribution in [0.4, 0.5) is 0 Å². The molecule has 0 bridgehead atoms. The van der Waals surface area contributed by atoms with Crippen LogP contribution < -0.4 is 5.32 Å². The molecule has 2 rings (SSSR count). The highest BCUT2D eigenvalue weighted by Gasteiger charge is 2.20. The van der Waals surface area contributed by atoms with Crippen LogP contribution in [-0.4, -0.2) is 60.9 Å². The average molecular weight is 253 g/mol. The Hall–Kier alpha value is -1.10. The van der Waals surface area contributed by atoms with Crippen molar-refractivity contribution >= 4 is 11.8 Å². The number of likely N-dealkylation sites (tertiary alicyclic amines) is 1. The second-order valence-corrected chi connectivity index (χ2v) is 5.07. The number of rotatable bonds is 3. The fraction of sp³-hybridized carbons (Fsp3) is 0.846. The molecule has 18 heavy (non-hydrogen) atoms. The summed E-state index contributed by atoms with van der Waals surface area (Å²) in [4.78, 5) is 27.6. The second kappa shape index (κ2) is 6.73. The molecule has 2 heterocycles. The second-order valence-electron chi connectivity index (χ2n) is 5.07. The van der Waals surface area contributed by atoms with Crippen LogP contribution >= 0.6 is 0 Å². The van der Waals surface area contributed by atoms with E-state index in [0.717, 1.165) is 52.0 Å². The highest BCUT2D eigenvalue weighted by atomic mass is 16.2. The Labute approximate surface area is 108 Å². The quantitative estimate of drug-likeness (QED) is 0.782. The zero-order chi connectivity index (χ0) is 12.8. The molecule has 5 heteroatoms. The summed E-state index contributed by atoms with van der Waals surface area (Å²) in [5.41, 5.74) is 0. The van der Waals surface area contributed by atoms with Gasteiger partial charge in [0.15, 0.2) is 0 Å². The molecule has 102 valence electrons. The standard InChI is InChI=1S/C13H23N3O2/c17-12-4-2-1-3-8-15(12)9-5-13(18)16-10-6-14-7-11-16/h14H,1-11H2. The van der Waals surface area contributed by atoms with Crippen molar-refractivity contribution in [2.75, 3.05) is 39.3 Å². The Bertz CT molecular complexity index is 301. The smallest absolute Gasteiger partial charge is 0.224 e. The van der Waals surface area contributed by atoms with Crippen molar-refractivity contribution in [1.82, 2.24) is 15.1 Å². The first kappa shape index (κ1) is 13.3. The van der Waals surface area contributed by atoms with Crippen molar-refractivity contribution < 1.29 is 9.59 Å². The average Bonchev–Trinajstić information content (AvgIpc) is 2.62. The lowest BCUT2D eigenvalue weighted by Gasteiger charge is -2.28. The van der Waals surface area contributed by atoms with Crippen LogP contribution in [-0.2, 0) is 9.59 Å². The van der Waals surface area contributed by atoms with Gasteiger partial charge >= 0.3 is 0 Å². The number of nitrogens with zero attached hydrogens (tertiary/aromatic N) is 2. The van der Waals surface area contributed by atoms with Gasteiger partial charge in [-0.25, -0.2) is 0 Å². The maximum atomic E-state index is 12.0. The fourth-order valence-corrected chi connectivity index (χ4v) is 2.58. The van der Waals surface area contributed by atoms with Gasteiger partial charge < -0.3 is 15.1 Å². The van der Waals surface area contributed by atoms with Gasteiger partial charge in [-0.1, -0.05) is 6.42 Å². The zero-order valence-electron chi connectivity index (χ0n) is 11.0. The Morgan fingerprint density at radius 3 is 2.67 bits per heavy atom. The summed E-state index contributed by atoms with van der Waals surface area (Å²) in [6, 6.07) is 0. The summed E-state index contributed by atoms with van der Waals surface area (Å²) in [5, 5.41) is 3.23. The molecule has 0 aromatic carbocycles. The van der Waals surface area contributed by atoms with E-state index in [-0.39, 0.29) is 11.8 Å². The lowest BCUT2D eigenvalue weighted by molar-refractivity contribution is -0.134. The molecule has 0 aromatic heterocycles. The molecule has 2 aliphatic heterocycles. The van der Waals surface area contributed by atoms with Crippen molar-refractivity contribution in [3.63, 3.8) is 0 Å². The molecule has 2 saturated heterocycles. The van der Waals surface area contributed by atoms with Crippen molar-refractivity contribution in [1.29, 1.82) is 0 Å². The van der Waals surface area contributed by atoms with Gasteiger partial charge in [0.25, 0.3) is 0 Å². The van der Waals surface area contributed by atoms with Crippen molar-refractivity contribution in [2.24, 2.45) is 0 Å². The van der Waals surface area contributed by atoms with E-state index >= 15 is 0 Å². The Kier molecular flexibility index (Phi) is 4.99. The summed E-state index contributed by atoms with van der Waals surface area (Å²) in [5.74, 6) is 0.411. The number of amides is 2. The number of nitrogens with one attached hydrogen (secondary N) is 1. The van der Waals surface area contributed by atoms with Gasteiger partial charge in [-0.15, -0.1) is 0 Å². The van der Waals surface area contributed by atoms with Gasteiger partial charge in [0.1, 0.15) is 0 Å². The molecule has 0 unspecified atom stereocenters. The Balaban J connectivity index is 1.75. The molecule has 1 N–H and O–H groups in total. The third kappa shape index (κ3) is 3.70. The molecule has 2 amide bonds. The largest absolute Gasteiger partial charge is 0.342 e. The molecule has 0 spiro atoms. The monoisotopic (exact) mass is 253 g/mol. The van der Waals surface area contributed by atoms with E-state index < -0.39 is 0 Å². The number of carbonyl (C=O) groups excluding carboxylic acids is 2. The first-order chi connectivity index (χ1) is 8.77. The molecule has 0 aliphatic carbocycles. The normalized spacial score (nSPS) is 21.9. The van der Waals surface area contributed by atoms with Gasteiger partial charge in [-0.05, 0) is 12.8 Å². The van der Waals surface area contributed by atoms with E-state index in [0.29, 0.717) is 19.4 Å². The van der Waals surface area contributed by atoms with Gasteiger partial charge in [-0.3, -0.25) is 9.59 Å². The predicted molar refractivity (Wildman–Crippen MR) is 69.1 cm³/mol. The summed E-state index contributed by atoms with van der Waals surface area (Å²) < 4.78 is 0. The van der Waals surface area contributed by atoms with Crippen LogP contribution in [0.15, 0.2) is 0 Å². The molecule has 0 radical (unpaired) electrons. The van der Waals surface area contributed by atoms with Gasteiger partial charge in [0.05, 0.1) is 0 Å². The van der Waals surface area contributed by atoms with Crippen LogP contribution in [0.1, 0.15) is 32.1 Å². The highest BCUT2D eigenvalue weighted by Crippen LogP contribution is 2.11. The van der Waals surface area contributed by atoms with Crippen LogP contribution in [0.25, 0.3) is 0 Å². The SMILES string of the molecule is O=C(CCN1CCCCCC1=O)N1CCNCC1. The molecule has 2 aliphatic rings. The first-order valence-corrected chi connectivity index (χ1v) is 7.03. The van der Waals surface area contributed by atoms with Gasteiger partial charge in [0.2, 0.25) is 11.8 Å². The lowest BCUT2D eigenvalue weighted by atomic mass is 10.2.